The lowest BCUT2D eigenvalue weighted by Crippen LogP contribution is -2.40. The maximum atomic E-state index is 2.50. The number of hydrogen-bond acceptors (Lipinski definition) is 1. The molecule has 1 aliphatic heterocycles. The van der Waals surface area contributed by atoms with Crippen molar-refractivity contribution in [1.29, 1.82) is 0 Å². The van der Waals surface area contributed by atoms with Gasteiger partial charge >= 0.3 is 0 Å². The van der Waals surface area contributed by atoms with E-state index in [1.807, 2.05) is 13.8 Å². The fraction of sp³-hybridized carbons (Fsp3) is 1.00. The Morgan fingerprint density at radius 3 is 2.46 bits per heavy atom. The molecular formula is C12H27N. The van der Waals surface area contributed by atoms with E-state index in [9.17, 15) is 0 Å². The summed E-state index contributed by atoms with van der Waals surface area (Å²) in [4.78, 5) is 2.50. The molecule has 0 radical (unpaired) electrons. The maximum absolute atomic E-state index is 2.50. The fourth-order valence-corrected chi connectivity index (χ4v) is 2.16. The van der Waals surface area contributed by atoms with Crippen LogP contribution in [0, 0.1) is 5.92 Å². The zero-order valence-corrected chi connectivity index (χ0v) is 10.1. The van der Waals surface area contributed by atoms with Gasteiger partial charge in [0.15, 0.2) is 0 Å². The van der Waals surface area contributed by atoms with Crippen LogP contribution in [-0.2, 0) is 0 Å². The zero-order chi connectivity index (χ0) is 10.3. The monoisotopic (exact) mass is 185 g/mol. The first-order chi connectivity index (χ1) is 6.25. The Kier molecular flexibility index (Phi) is 7.35. The molecule has 0 bridgehead atoms. The Morgan fingerprint density at radius 1 is 1.31 bits per heavy atom. The van der Waals surface area contributed by atoms with Crippen LogP contribution in [0.2, 0.25) is 0 Å². The van der Waals surface area contributed by atoms with Gasteiger partial charge in [0.1, 0.15) is 0 Å². The van der Waals surface area contributed by atoms with E-state index in [4.69, 9.17) is 0 Å². The predicted octanol–water partition coefficient (Wildman–Crippen LogP) is 3.54. The highest BCUT2D eigenvalue weighted by molar-refractivity contribution is 4.78. The topological polar surface area (TPSA) is 3.24 Å². The van der Waals surface area contributed by atoms with Crippen LogP contribution < -0.4 is 0 Å². The summed E-state index contributed by atoms with van der Waals surface area (Å²) in [5.41, 5.74) is 0. The molecule has 2 unspecified atom stereocenters. The van der Waals surface area contributed by atoms with E-state index in [-0.39, 0.29) is 0 Å². The minimum Gasteiger partial charge on any atom is -0.303 e. The summed E-state index contributed by atoms with van der Waals surface area (Å²) < 4.78 is 0. The Hall–Kier alpha value is -0.0400. The van der Waals surface area contributed by atoms with Gasteiger partial charge in [0.2, 0.25) is 0 Å². The summed E-state index contributed by atoms with van der Waals surface area (Å²) in [7, 11) is 2.26. The lowest BCUT2D eigenvalue weighted by molar-refractivity contribution is 0.127. The molecule has 0 aromatic heterocycles. The van der Waals surface area contributed by atoms with Crippen molar-refractivity contribution in [3.05, 3.63) is 0 Å². The third-order valence-electron chi connectivity index (χ3n) is 3.12. The largest absolute Gasteiger partial charge is 0.303 e. The molecule has 1 nitrogen and oxygen atoms in total. The highest BCUT2D eigenvalue weighted by atomic mass is 15.1. The maximum Gasteiger partial charge on any atom is 0.00921 e. The Morgan fingerprint density at radius 2 is 1.92 bits per heavy atom. The molecular weight excluding hydrogens is 158 g/mol. The molecule has 1 aliphatic rings. The third kappa shape index (κ3) is 4.12. The molecule has 0 saturated carbocycles. The molecule has 1 heterocycles. The second-order valence-electron chi connectivity index (χ2n) is 3.91. The first kappa shape index (κ1) is 13.0. The Labute approximate surface area is 84.5 Å². The van der Waals surface area contributed by atoms with Gasteiger partial charge in [0.05, 0.1) is 0 Å². The first-order valence-electron chi connectivity index (χ1n) is 5.96. The number of piperidine rings is 1. The molecule has 0 N–H and O–H groups in total. The van der Waals surface area contributed by atoms with Gasteiger partial charge < -0.3 is 4.90 Å². The van der Waals surface area contributed by atoms with Gasteiger partial charge in [-0.2, -0.15) is 0 Å². The summed E-state index contributed by atoms with van der Waals surface area (Å²) in [6.45, 7) is 9.97. The number of likely N-dealkylation sites (tertiary alicyclic amines) is 1. The molecule has 80 valence electrons. The van der Waals surface area contributed by atoms with E-state index in [1.54, 1.807) is 0 Å². The van der Waals surface area contributed by atoms with Crippen molar-refractivity contribution in [2.24, 2.45) is 5.92 Å². The Balaban J connectivity index is 0.000000671. The molecule has 2 atom stereocenters. The van der Waals surface area contributed by atoms with Crippen molar-refractivity contribution in [2.75, 3.05) is 13.6 Å². The highest BCUT2D eigenvalue weighted by Crippen LogP contribution is 2.25. The molecule has 0 spiro atoms. The third-order valence-corrected chi connectivity index (χ3v) is 3.12. The molecule has 1 fully saturated rings. The van der Waals surface area contributed by atoms with Crippen LogP contribution in [0.4, 0.5) is 0 Å². The minimum atomic E-state index is 0.823. The highest BCUT2D eigenvalue weighted by Gasteiger charge is 2.23. The van der Waals surface area contributed by atoms with E-state index in [0.29, 0.717) is 0 Å². The van der Waals surface area contributed by atoms with Crippen molar-refractivity contribution in [1.82, 2.24) is 4.90 Å². The number of nitrogens with zero attached hydrogens (tertiary/aromatic N) is 1. The molecule has 0 aliphatic carbocycles. The molecule has 1 saturated heterocycles. The van der Waals surface area contributed by atoms with E-state index in [0.717, 1.165) is 12.0 Å². The van der Waals surface area contributed by atoms with Crippen molar-refractivity contribution in [2.45, 2.75) is 59.4 Å². The number of hydrogen-bond donors (Lipinski definition) is 0. The van der Waals surface area contributed by atoms with Crippen molar-refractivity contribution < 1.29 is 0 Å². The number of rotatable bonds is 2. The molecule has 0 aromatic carbocycles. The average Bonchev–Trinajstić information content (AvgIpc) is 2.17. The molecule has 1 heteroatoms. The van der Waals surface area contributed by atoms with Gasteiger partial charge in [-0.15, -0.1) is 0 Å². The quantitative estimate of drug-likeness (QED) is 0.636. The summed E-state index contributed by atoms with van der Waals surface area (Å²) in [5.74, 6) is 0.971. The van der Waals surface area contributed by atoms with E-state index in [2.05, 4.69) is 25.8 Å². The van der Waals surface area contributed by atoms with Crippen molar-refractivity contribution in [3.8, 4) is 0 Å². The lowest BCUT2D eigenvalue weighted by Gasteiger charge is -2.36. The summed E-state index contributed by atoms with van der Waals surface area (Å²) in [6.07, 6.45) is 5.64. The van der Waals surface area contributed by atoms with Gasteiger partial charge in [-0.1, -0.05) is 27.2 Å². The molecule has 0 amide bonds. The zero-order valence-electron chi connectivity index (χ0n) is 10.1. The van der Waals surface area contributed by atoms with E-state index in [1.165, 1.54) is 32.2 Å². The second kappa shape index (κ2) is 7.37. The average molecular weight is 185 g/mol. The summed E-state index contributed by atoms with van der Waals surface area (Å²) in [6, 6.07) is 0.823. The van der Waals surface area contributed by atoms with E-state index < -0.39 is 0 Å². The minimum absolute atomic E-state index is 0.823. The van der Waals surface area contributed by atoms with Crippen LogP contribution in [0.1, 0.15) is 53.4 Å². The normalized spacial score (nSPS) is 29.3. The first-order valence-corrected chi connectivity index (χ1v) is 5.96. The summed E-state index contributed by atoms with van der Waals surface area (Å²) in [5, 5.41) is 0. The lowest BCUT2D eigenvalue weighted by atomic mass is 9.87. The van der Waals surface area contributed by atoms with Crippen LogP contribution in [0.25, 0.3) is 0 Å². The van der Waals surface area contributed by atoms with Crippen LogP contribution in [0.5, 0.6) is 0 Å². The van der Waals surface area contributed by atoms with Gasteiger partial charge in [-0.05, 0) is 45.7 Å². The molecule has 13 heavy (non-hydrogen) atoms. The van der Waals surface area contributed by atoms with Crippen molar-refractivity contribution >= 4 is 0 Å². The molecule has 1 rings (SSSR count). The second-order valence-corrected chi connectivity index (χ2v) is 3.91. The Bertz CT molecular complexity index is 110. The standard InChI is InChI=1S/C10H21N.C2H6/c1-4-6-10-7-5-8-11(3)9(10)2;1-2/h9-10H,4-8H2,1-3H3;1-2H3. The van der Waals surface area contributed by atoms with E-state index >= 15 is 0 Å². The predicted molar refractivity (Wildman–Crippen MR) is 61.1 cm³/mol. The van der Waals surface area contributed by atoms with Gasteiger partial charge in [-0.25, -0.2) is 0 Å². The smallest absolute Gasteiger partial charge is 0.00921 e. The van der Waals surface area contributed by atoms with Gasteiger partial charge in [-0.3, -0.25) is 0 Å². The molecule has 0 aromatic rings. The summed E-state index contributed by atoms with van der Waals surface area (Å²) >= 11 is 0. The van der Waals surface area contributed by atoms with Crippen LogP contribution >= 0.6 is 0 Å². The van der Waals surface area contributed by atoms with Crippen LogP contribution in [0.15, 0.2) is 0 Å². The van der Waals surface area contributed by atoms with Gasteiger partial charge in [0.25, 0.3) is 0 Å². The fourth-order valence-electron chi connectivity index (χ4n) is 2.16. The SMILES string of the molecule is CC.CCCC1CCCN(C)C1C. The van der Waals surface area contributed by atoms with Crippen molar-refractivity contribution in [3.63, 3.8) is 0 Å². The van der Waals surface area contributed by atoms with Crippen LogP contribution in [0.3, 0.4) is 0 Å². The van der Waals surface area contributed by atoms with Crippen LogP contribution in [-0.4, -0.2) is 24.5 Å². The van der Waals surface area contributed by atoms with Gasteiger partial charge in [0, 0.05) is 6.04 Å².